The third-order valence-electron chi connectivity index (χ3n) is 4.31. The van der Waals surface area contributed by atoms with Gasteiger partial charge in [0.1, 0.15) is 23.9 Å². The first-order chi connectivity index (χ1) is 13.2. The zero-order valence-electron chi connectivity index (χ0n) is 15.9. The van der Waals surface area contributed by atoms with Crippen molar-refractivity contribution in [2.45, 2.75) is 19.6 Å². The zero-order valence-corrected chi connectivity index (χ0v) is 16.7. The number of rotatable bonds is 9. The van der Waals surface area contributed by atoms with Crippen LogP contribution in [0.1, 0.15) is 16.7 Å². The summed E-state index contributed by atoms with van der Waals surface area (Å²) >= 11 is 0. The minimum atomic E-state index is -0.236. The van der Waals surface area contributed by atoms with E-state index in [0.717, 1.165) is 42.1 Å². The van der Waals surface area contributed by atoms with Crippen LogP contribution >= 0.6 is 12.4 Å². The van der Waals surface area contributed by atoms with Gasteiger partial charge < -0.3 is 14.8 Å². The van der Waals surface area contributed by atoms with Crippen molar-refractivity contribution in [2.75, 3.05) is 13.7 Å². The van der Waals surface area contributed by atoms with Gasteiger partial charge >= 0.3 is 0 Å². The van der Waals surface area contributed by atoms with Gasteiger partial charge in [-0.3, -0.25) is 0 Å². The van der Waals surface area contributed by atoms with Crippen molar-refractivity contribution in [3.05, 3.63) is 95.3 Å². The van der Waals surface area contributed by atoms with Gasteiger partial charge in [-0.15, -0.1) is 12.4 Å². The maximum atomic E-state index is 12.9. The van der Waals surface area contributed by atoms with Crippen LogP contribution in [0.4, 0.5) is 4.39 Å². The Morgan fingerprint density at radius 2 is 1.68 bits per heavy atom. The molecular formula is C23H25ClFNO2. The Morgan fingerprint density at radius 1 is 0.893 bits per heavy atom. The molecule has 0 radical (unpaired) electrons. The van der Waals surface area contributed by atoms with E-state index in [2.05, 4.69) is 17.4 Å². The molecule has 0 heterocycles. The lowest BCUT2D eigenvalue weighted by molar-refractivity contribution is 0.305. The molecule has 0 aliphatic carbocycles. The van der Waals surface area contributed by atoms with Crippen LogP contribution < -0.4 is 14.8 Å². The van der Waals surface area contributed by atoms with Crippen LogP contribution in [-0.4, -0.2) is 13.7 Å². The lowest BCUT2D eigenvalue weighted by atomic mass is 10.1. The molecule has 148 valence electrons. The highest BCUT2D eigenvalue weighted by atomic mass is 35.5. The van der Waals surface area contributed by atoms with Gasteiger partial charge in [-0.2, -0.15) is 0 Å². The fraction of sp³-hybridized carbons (Fsp3) is 0.217. The van der Waals surface area contributed by atoms with Crippen molar-refractivity contribution in [3.8, 4) is 11.5 Å². The molecule has 28 heavy (non-hydrogen) atoms. The van der Waals surface area contributed by atoms with E-state index in [9.17, 15) is 4.39 Å². The molecule has 0 spiro atoms. The molecule has 0 bridgehead atoms. The van der Waals surface area contributed by atoms with E-state index >= 15 is 0 Å². The predicted octanol–water partition coefficient (Wildman–Crippen LogP) is 5.17. The van der Waals surface area contributed by atoms with E-state index in [1.54, 1.807) is 19.2 Å². The monoisotopic (exact) mass is 401 g/mol. The first kappa shape index (κ1) is 21.7. The van der Waals surface area contributed by atoms with E-state index in [0.29, 0.717) is 6.61 Å². The highest BCUT2D eigenvalue weighted by molar-refractivity contribution is 5.85. The second kappa shape index (κ2) is 11.3. The molecule has 0 saturated carbocycles. The zero-order chi connectivity index (χ0) is 18.9. The van der Waals surface area contributed by atoms with Gasteiger partial charge in [0.25, 0.3) is 0 Å². The van der Waals surface area contributed by atoms with Crippen LogP contribution in [0.3, 0.4) is 0 Å². The van der Waals surface area contributed by atoms with Gasteiger partial charge in [-0.1, -0.05) is 42.5 Å². The summed E-state index contributed by atoms with van der Waals surface area (Å²) in [6, 6.07) is 22.5. The van der Waals surface area contributed by atoms with E-state index in [-0.39, 0.29) is 18.2 Å². The molecule has 5 heteroatoms. The van der Waals surface area contributed by atoms with E-state index in [1.165, 1.54) is 17.7 Å². The van der Waals surface area contributed by atoms with E-state index in [1.807, 2.05) is 36.4 Å². The Hall–Kier alpha value is -2.56. The number of benzene rings is 3. The standard InChI is InChI=1S/C23H24FNO2.ClH/c1-26-23-8-3-2-6-20(23)13-14-25-16-19-5-4-7-22(15-19)27-17-18-9-11-21(24)12-10-18;/h2-12,15,25H,13-14,16-17H2,1H3;1H. The van der Waals surface area contributed by atoms with E-state index < -0.39 is 0 Å². The largest absolute Gasteiger partial charge is 0.496 e. The summed E-state index contributed by atoms with van der Waals surface area (Å²) in [5, 5.41) is 3.46. The van der Waals surface area contributed by atoms with Gasteiger partial charge in [0.05, 0.1) is 7.11 Å². The molecule has 0 saturated heterocycles. The number of methoxy groups -OCH3 is 1. The summed E-state index contributed by atoms with van der Waals surface area (Å²) in [5.41, 5.74) is 3.30. The Kier molecular flexibility index (Phi) is 8.79. The fourth-order valence-electron chi connectivity index (χ4n) is 2.86. The summed E-state index contributed by atoms with van der Waals surface area (Å²) in [5.74, 6) is 1.50. The van der Waals surface area contributed by atoms with Gasteiger partial charge in [0, 0.05) is 6.54 Å². The molecule has 0 aliphatic heterocycles. The fourth-order valence-corrected chi connectivity index (χ4v) is 2.86. The lowest BCUT2D eigenvalue weighted by Gasteiger charge is -2.10. The average Bonchev–Trinajstić information content (AvgIpc) is 2.71. The summed E-state index contributed by atoms with van der Waals surface area (Å²) in [6.45, 7) is 2.05. The molecule has 0 aliphatic rings. The number of ether oxygens (including phenoxy) is 2. The van der Waals surface area contributed by atoms with Gasteiger partial charge in [-0.05, 0) is 60.0 Å². The van der Waals surface area contributed by atoms with Crippen molar-refractivity contribution < 1.29 is 13.9 Å². The first-order valence-corrected chi connectivity index (χ1v) is 9.03. The van der Waals surface area contributed by atoms with Crippen LogP contribution in [0, 0.1) is 5.82 Å². The van der Waals surface area contributed by atoms with Crippen LogP contribution in [0.25, 0.3) is 0 Å². The van der Waals surface area contributed by atoms with Crippen LogP contribution in [0.15, 0.2) is 72.8 Å². The second-order valence-corrected chi connectivity index (χ2v) is 6.30. The van der Waals surface area contributed by atoms with Crippen molar-refractivity contribution in [1.29, 1.82) is 0 Å². The highest BCUT2D eigenvalue weighted by Gasteiger charge is 2.02. The quantitative estimate of drug-likeness (QED) is 0.502. The molecule has 0 unspecified atom stereocenters. The van der Waals surface area contributed by atoms with Crippen LogP contribution in [-0.2, 0) is 19.6 Å². The Morgan fingerprint density at radius 3 is 2.46 bits per heavy atom. The van der Waals surface area contributed by atoms with Crippen molar-refractivity contribution in [1.82, 2.24) is 5.32 Å². The maximum absolute atomic E-state index is 12.9. The van der Waals surface area contributed by atoms with Crippen molar-refractivity contribution in [2.24, 2.45) is 0 Å². The number of para-hydroxylation sites is 1. The molecule has 1 N–H and O–H groups in total. The van der Waals surface area contributed by atoms with Crippen molar-refractivity contribution in [3.63, 3.8) is 0 Å². The number of hydrogen-bond donors (Lipinski definition) is 1. The number of hydrogen-bond acceptors (Lipinski definition) is 3. The topological polar surface area (TPSA) is 30.5 Å². The summed E-state index contributed by atoms with van der Waals surface area (Å²) in [7, 11) is 1.70. The Bertz CT molecular complexity index is 855. The van der Waals surface area contributed by atoms with Gasteiger partial charge in [0.2, 0.25) is 0 Å². The summed E-state index contributed by atoms with van der Waals surface area (Å²) in [4.78, 5) is 0. The molecule has 0 amide bonds. The summed E-state index contributed by atoms with van der Waals surface area (Å²) < 4.78 is 24.1. The van der Waals surface area contributed by atoms with Crippen LogP contribution in [0.2, 0.25) is 0 Å². The van der Waals surface area contributed by atoms with Crippen molar-refractivity contribution >= 4 is 12.4 Å². The normalized spacial score (nSPS) is 10.2. The summed E-state index contributed by atoms with van der Waals surface area (Å²) in [6.07, 6.45) is 0.908. The SMILES string of the molecule is COc1ccccc1CCNCc1cccc(OCc2ccc(F)cc2)c1.Cl. The minimum absolute atomic E-state index is 0. The predicted molar refractivity (Wildman–Crippen MR) is 113 cm³/mol. The van der Waals surface area contributed by atoms with Gasteiger partial charge in [0.15, 0.2) is 0 Å². The Balaban J connectivity index is 0.00000280. The minimum Gasteiger partial charge on any atom is -0.496 e. The molecule has 3 aromatic rings. The second-order valence-electron chi connectivity index (χ2n) is 6.30. The maximum Gasteiger partial charge on any atom is 0.123 e. The molecule has 3 aromatic carbocycles. The third-order valence-corrected chi connectivity index (χ3v) is 4.31. The van der Waals surface area contributed by atoms with E-state index in [4.69, 9.17) is 9.47 Å². The molecule has 3 rings (SSSR count). The molecule has 0 aromatic heterocycles. The molecule has 3 nitrogen and oxygen atoms in total. The Labute approximate surface area is 171 Å². The first-order valence-electron chi connectivity index (χ1n) is 9.03. The molecule has 0 fully saturated rings. The van der Waals surface area contributed by atoms with Gasteiger partial charge in [-0.25, -0.2) is 4.39 Å². The number of halogens is 2. The smallest absolute Gasteiger partial charge is 0.123 e. The lowest BCUT2D eigenvalue weighted by Crippen LogP contribution is -2.17. The third kappa shape index (κ3) is 6.55. The molecule has 0 atom stereocenters. The van der Waals surface area contributed by atoms with Crippen LogP contribution in [0.5, 0.6) is 11.5 Å². The number of nitrogens with one attached hydrogen (secondary N) is 1. The average molecular weight is 402 g/mol. The molecular weight excluding hydrogens is 377 g/mol. The highest BCUT2D eigenvalue weighted by Crippen LogP contribution is 2.18.